The zero-order valence-electron chi connectivity index (χ0n) is 21.7. The van der Waals surface area contributed by atoms with Gasteiger partial charge in [0.2, 0.25) is 0 Å². The van der Waals surface area contributed by atoms with Gasteiger partial charge in [0.05, 0.1) is 6.61 Å². The van der Waals surface area contributed by atoms with Gasteiger partial charge in [0.15, 0.2) is 6.10 Å². The van der Waals surface area contributed by atoms with Crippen LogP contribution in [0.25, 0.3) is 0 Å². The van der Waals surface area contributed by atoms with Crippen molar-refractivity contribution in [1.82, 2.24) is 0 Å². The Morgan fingerprint density at radius 3 is 1.64 bits per heavy atom. The molecule has 0 spiro atoms. The lowest BCUT2D eigenvalue weighted by molar-refractivity contribution is -0.161. The van der Waals surface area contributed by atoms with Gasteiger partial charge in [-0.2, -0.15) is 0 Å². The van der Waals surface area contributed by atoms with E-state index >= 15 is 0 Å². The Labute approximate surface area is 203 Å². The molecular weight excluding hydrogens is 416 g/mol. The summed E-state index contributed by atoms with van der Waals surface area (Å²) in [6.07, 6.45) is 24.3. The first-order valence-electron chi connectivity index (χ1n) is 13.7. The monoisotopic (exact) mass is 468 g/mol. The van der Waals surface area contributed by atoms with E-state index in [4.69, 9.17) is 9.47 Å². The Hall–Kier alpha value is -1.36. The van der Waals surface area contributed by atoms with Crippen LogP contribution in [0.5, 0.6) is 0 Å². The largest absolute Gasteiger partial charge is 0.462 e. The molecule has 5 nitrogen and oxygen atoms in total. The maximum atomic E-state index is 12.0. The molecule has 0 fully saturated rings. The molecule has 1 N–H and O–H groups in total. The van der Waals surface area contributed by atoms with Crippen molar-refractivity contribution >= 4 is 11.9 Å². The SMILES string of the molecule is CCCCCCC/C=C\CCCCCCCC(=O)OC(CO)COC(=O)CCCCCCC. The summed E-state index contributed by atoms with van der Waals surface area (Å²) < 4.78 is 10.4. The Morgan fingerprint density at radius 2 is 1.12 bits per heavy atom. The van der Waals surface area contributed by atoms with Gasteiger partial charge < -0.3 is 14.6 Å². The molecule has 0 aromatic heterocycles. The van der Waals surface area contributed by atoms with Crippen molar-refractivity contribution in [2.24, 2.45) is 0 Å². The number of ether oxygens (including phenoxy) is 2. The number of esters is 2. The normalized spacial score (nSPS) is 12.2. The van der Waals surface area contributed by atoms with E-state index in [1.807, 2.05) is 0 Å². The molecule has 0 aromatic carbocycles. The lowest BCUT2D eigenvalue weighted by Crippen LogP contribution is -2.28. The molecule has 1 unspecified atom stereocenters. The van der Waals surface area contributed by atoms with Gasteiger partial charge in [-0.1, -0.05) is 96.6 Å². The summed E-state index contributed by atoms with van der Waals surface area (Å²) in [4.78, 5) is 23.7. The first-order valence-corrected chi connectivity index (χ1v) is 13.7. The lowest BCUT2D eigenvalue weighted by Gasteiger charge is -2.15. The van der Waals surface area contributed by atoms with Crippen molar-refractivity contribution in [2.45, 2.75) is 142 Å². The fourth-order valence-corrected chi connectivity index (χ4v) is 3.66. The van der Waals surface area contributed by atoms with Crippen molar-refractivity contribution in [3.8, 4) is 0 Å². The maximum Gasteiger partial charge on any atom is 0.306 e. The van der Waals surface area contributed by atoms with Gasteiger partial charge in [-0.15, -0.1) is 0 Å². The van der Waals surface area contributed by atoms with Crippen LogP contribution < -0.4 is 0 Å². The summed E-state index contributed by atoms with van der Waals surface area (Å²) in [6.45, 7) is 4.00. The zero-order valence-corrected chi connectivity index (χ0v) is 21.7. The van der Waals surface area contributed by atoms with Gasteiger partial charge in [-0.3, -0.25) is 9.59 Å². The predicted molar refractivity (Wildman–Crippen MR) is 136 cm³/mol. The highest BCUT2D eigenvalue weighted by atomic mass is 16.6. The van der Waals surface area contributed by atoms with Gasteiger partial charge in [0.25, 0.3) is 0 Å². The van der Waals surface area contributed by atoms with Crippen molar-refractivity contribution in [3.63, 3.8) is 0 Å². The van der Waals surface area contributed by atoms with E-state index in [2.05, 4.69) is 26.0 Å². The summed E-state index contributed by atoms with van der Waals surface area (Å²) in [6, 6.07) is 0. The molecular formula is C28H52O5. The van der Waals surface area contributed by atoms with E-state index in [-0.39, 0.29) is 25.2 Å². The minimum Gasteiger partial charge on any atom is -0.462 e. The van der Waals surface area contributed by atoms with Crippen molar-refractivity contribution < 1.29 is 24.2 Å². The van der Waals surface area contributed by atoms with Crippen LogP contribution >= 0.6 is 0 Å². The number of carbonyl (C=O) groups is 2. The molecule has 0 saturated carbocycles. The van der Waals surface area contributed by atoms with Crippen LogP contribution in [0.2, 0.25) is 0 Å². The molecule has 5 heteroatoms. The standard InChI is InChI=1S/C28H52O5/c1-3-5-7-9-10-11-12-13-14-15-16-17-19-21-23-28(31)33-26(24-29)25-32-27(30)22-20-18-8-6-4-2/h12-13,26,29H,3-11,14-25H2,1-2H3/b13-12-. The fraction of sp³-hybridized carbons (Fsp3) is 0.857. The molecule has 0 heterocycles. The Bertz CT molecular complexity index is 475. The summed E-state index contributed by atoms with van der Waals surface area (Å²) in [5.74, 6) is -0.616. The average molecular weight is 469 g/mol. The van der Waals surface area contributed by atoms with Gasteiger partial charge in [0.1, 0.15) is 6.61 Å². The second kappa shape index (κ2) is 25.3. The highest BCUT2D eigenvalue weighted by Crippen LogP contribution is 2.11. The van der Waals surface area contributed by atoms with E-state index in [1.165, 1.54) is 64.2 Å². The molecule has 0 amide bonds. The first-order chi connectivity index (χ1) is 16.1. The smallest absolute Gasteiger partial charge is 0.306 e. The Kier molecular flexibility index (Phi) is 24.2. The molecule has 0 aliphatic heterocycles. The summed E-state index contributed by atoms with van der Waals surface area (Å²) >= 11 is 0. The highest BCUT2D eigenvalue weighted by Gasteiger charge is 2.16. The number of rotatable bonds is 24. The Balaban J connectivity index is 3.60. The quantitative estimate of drug-likeness (QED) is 0.0905. The minimum atomic E-state index is -0.764. The van der Waals surface area contributed by atoms with E-state index in [0.29, 0.717) is 12.8 Å². The van der Waals surface area contributed by atoms with E-state index in [0.717, 1.165) is 44.9 Å². The number of carbonyl (C=O) groups excluding carboxylic acids is 2. The Morgan fingerprint density at radius 1 is 0.667 bits per heavy atom. The third-order valence-corrected chi connectivity index (χ3v) is 5.81. The molecule has 1 atom stereocenters. The predicted octanol–water partition coefficient (Wildman–Crippen LogP) is 7.44. The molecule has 0 aromatic rings. The van der Waals surface area contributed by atoms with Crippen LogP contribution in [0, 0.1) is 0 Å². The van der Waals surface area contributed by atoms with Crippen LogP contribution in [0.3, 0.4) is 0 Å². The van der Waals surface area contributed by atoms with E-state index < -0.39 is 6.10 Å². The molecule has 0 rings (SSSR count). The fourth-order valence-electron chi connectivity index (χ4n) is 3.66. The van der Waals surface area contributed by atoms with Crippen molar-refractivity contribution in [3.05, 3.63) is 12.2 Å². The molecule has 194 valence electrons. The van der Waals surface area contributed by atoms with Gasteiger partial charge in [-0.05, 0) is 38.5 Å². The maximum absolute atomic E-state index is 12.0. The second-order valence-electron chi connectivity index (χ2n) is 9.12. The number of aliphatic hydroxyl groups excluding tert-OH is 1. The number of unbranched alkanes of at least 4 members (excludes halogenated alkanes) is 14. The van der Waals surface area contributed by atoms with Gasteiger partial charge in [0, 0.05) is 12.8 Å². The number of hydrogen-bond donors (Lipinski definition) is 1. The lowest BCUT2D eigenvalue weighted by atomic mass is 10.1. The number of hydrogen-bond acceptors (Lipinski definition) is 5. The molecule has 0 aliphatic carbocycles. The minimum absolute atomic E-state index is 0.0672. The molecule has 0 saturated heterocycles. The zero-order chi connectivity index (χ0) is 24.4. The first kappa shape index (κ1) is 31.6. The summed E-state index contributed by atoms with van der Waals surface area (Å²) in [5, 5.41) is 9.38. The molecule has 0 bridgehead atoms. The topological polar surface area (TPSA) is 72.8 Å². The molecule has 33 heavy (non-hydrogen) atoms. The van der Waals surface area contributed by atoms with Crippen LogP contribution in [-0.4, -0.2) is 36.4 Å². The van der Waals surface area contributed by atoms with E-state index in [1.54, 1.807) is 0 Å². The van der Waals surface area contributed by atoms with Crippen LogP contribution in [0.15, 0.2) is 12.2 Å². The number of aliphatic hydroxyl groups is 1. The van der Waals surface area contributed by atoms with Gasteiger partial charge in [-0.25, -0.2) is 0 Å². The summed E-state index contributed by atoms with van der Waals surface area (Å²) in [7, 11) is 0. The second-order valence-corrected chi connectivity index (χ2v) is 9.12. The third kappa shape index (κ3) is 23.6. The van der Waals surface area contributed by atoms with Crippen LogP contribution in [-0.2, 0) is 19.1 Å². The van der Waals surface area contributed by atoms with E-state index in [9.17, 15) is 14.7 Å². The van der Waals surface area contributed by atoms with Crippen molar-refractivity contribution in [1.29, 1.82) is 0 Å². The molecule has 0 aliphatic rings. The third-order valence-electron chi connectivity index (χ3n) is 5.81. The molecule has 0 radical (unpaired) electrons. The summed E-state index contributed by atoms with van der Waals surface area (Å²) in [5.41, 5.74) is 0. The highest BCUT2D eigenvalue weighted by molar-refractivity contribution is 5.70. The average Bonchev–Trinajstić information content (AvgIpc) is 2.81. The number of allylic oxidation sites excluding steroid dienone is 2. The van der Waals surface area contributed by atoms with Crippen LogP contribution in [0.1, 0.15) is 136 Å². The van der Waals surface area contributed by atoms with Gasteiger partial charge >= 0.3 is 11.9 Å². The van der Waals surface area contributed by atoms with Crippen LogP contribution in [0.4, 0.5) is 0 Å². The van der Waals surface area contributed by atoms with Crippen molar-refractivity contribution in [2.75, 3.05) is 13.2 Å².